The molecule has 0 spiro atoms. The van der Waals surface area contributed by atoms with Gasteiger partial charge in [0, 0.05) is 23.9 Å². The Morgan fingerprint density at radius 2 is 2.18 bits per heavy atom. The summed E-state index contributed by atoms with van der Waals surface area (Å²) >= 11 is 0. The van der Waals surface area contributed by atoms with Crippen molar-refractivity contribution in [2.45, 2.75) is 38.9 Å². The molecular weight excluding hydrogens is 280 g/mol. The van der Waals surface area contributed by atoms with Crippen molar-refractivity contribution in [3.05, 3.63) is 40.2 Å². The van der Waals surface area contributed by atoms with Gasteiger partial charge in [-0.15, -0.1) is 5.92 Å². The van der Waals surface area contributed by atoms with Crippen LogP contribution in [0.1, 0.15) is 26.3 Å². The number of benzene rings is 1. The normalized spacial score (nSPS) is 19.0. The van der Waals surface area contributed by atoms with Crippen LogP contribution in [-0.4, -0.2) is 18.3 Å². The Balaban J connectivity index is 1.97. The highest BCUT2D eigenvalue weighted by molar-refractivity contribution is 5.79. The third-order valence-electron chi connectivity index (χ3n) is 3.89. The van der Waals surface area contributed by atoms with Gasteiger partial charge in [-0.3, -0.25) is 0 Å². The van der Waals surface area contributed by atoms with Crippen LogP contribution in [-0.2, 0) is 11.2 Å². The van der Waals surface area contributed by atoms with Gasteiger partial charge < -0.3 is 13.9 Å². The smallest absolute Gasteiger partial charge is 0.336 e. The molecule has 0 radical (unpaired) electrons. The van der Waals surface area contributed by atoms with Crippen molar-refractivity contribution < 1.29 is 13.9 Å². The highest BCUT2D eigenvalue weighted by Gasteiger charge is 2.38. The van der Waals surface area contributed by atoms with E-state index in [4.69, 9.17) is 13.9 Å². The van der Waals surface area contributed by atoms with Crippen LogP contribution in [0.4, 0.5) is 0 Å². The lowest BCUT2D eigenvalue weighted by Crippen LogP contribution is -2.48. The van der Waals surface area contributed by atoms with Crippen LogP contribution in [0.15, 0.2) is 33.5 Å². The molecule has 0 saturated heterocycles. The van der Waals surface area contributed by atoms with Gasteiger partial charge in [-0.2, -0.15) is 0 Å². The maximum atomic E-state index is 11.3. The Labute approximate surface area is 129 Å². The monoisotopic (exact) mass is 298 g/mol. The second kappa shape index (κ2) is 5.51. The van der Waals surface area contributed by atoms with E-state index in [1.165, 1.54) is 6.07 Å². The van der Waals surface area contributed by atoms with Crippen molar-refractivity contribution in [1.29, 1.82) is 0 Å². The third-order valence-corrected chi connectivity index (χ3v) is 3.89. The zero-order valence-corrected chi connectivity index (χ0v) is 12.9. The number of ether oxygens (including phenoxy) is 2. The van der Waals surface area contributed by atoms with Crippen LogP contribution in [0.5, 0.6) is 5.75 Å². The molecule has 1 aliphatic rings. The highest BCUT2D eigenvalue weighted by atomic mass is 16.6. The molecule has 0 unspecified atom stereocenters. The lowest BCUT2D eigenvalue weighted by molar-refractivity contribution is -0.0739. The molecule has 3 rings (SSSR count). The molecule has 0 amide bonds. The summed E-state index contributed by atoms with van der Waals surface area (Å²) in [5, 5.41) is 0.883. The van der Waals surface area contributed by atoms with Gasteiger partial charge in [0.2, 0.25) is 0 Å². The Morgan fingerprint density at radius 1 is 1.36 bits per heavy atom. The molecule has 0 bridgehead atoms. The summed E-state index contributed by atoms with van der Waals surface area (Å²) < 4.78 is 17.1. The molecule has 22 heavy (non-hydrogen) atoms. The van der Waals surface area contributed by atoms with Gasteiger partial charge in [0.05, 0.1) is 0 Å². The number of hydrogen-bond acceptors (Lipinski definition) is 4. The average molecular weight is 298 g/mol. The van der Waals surface area contributed by atoms with E-state index in [0.717, 1.165) is 23.1 Å². The molecule has 2 heterocycles. The SMILES string of the molecule is CC#CCO[C@H]1Cc2cc3ccc(=O)oc3cc2OC1(C)C. The average Bonchev–Trinajstić information content (AvgIpc) is 2.45. The Kier molecular flexibility index (Phi) is 3.67. The summed E-state index contributed by atoms with van der Waals surface area (Å²) in [5.41, 5.74) is 0.765. The first-order valence-corrected chi connectivity index (χ1v) is 7.26. The standard InChI is InChI=1S/C18H18O4/c1-4-5-8-20-16-10-13-9-12-6-7-17(19)21-14(12)11-15(13)22-18(16,2)3/h6-7,9,11,16H,8,10H2,1-3H3/t16-/m0/s1. The maximum absolute atomic E-state index is 11.3. The van der Waals surface area contributed by atoms with Gasteiger partial charge >= 0.3 is 5.63 Å². The molecule has 1 aromatic carbocycles. The minimum absolute atomic E-state index is 0.0750. The van der Waals surface area contributed by atoms with Crippen molar-refractivity contribution in [2.24, 2.45) is 0 Å². The summed E-state index contributed by atoms with van der Waals surface area (Å²) in [6.07, 6.45) is 0.664. The first-order valence-electron chi connectivity index (χ1n) is 7.26. The van der Waals surface area contributed by atoms with Gasteiger partial charge in [0.15, 0.2) is 0 Å². The molecule has 0 fully saturated rings. The minimum atomic E-state index is -0.467. The van der Waals surface area contributed by atoms with E-state index < -0.39 is 5.60 Å². The zero-order valence-electron chi connectivity index (χ0n) is 12.9. The molecule has 4 nitrogen and oxygen atoms in total. The van der Waals surface area contributed by atoms with E-state index in [0.29, 0.717) is 12.2 Å². The van der Waals surface area contributed by atoms with Gasteiger partial charge in [-0.1, -0.05) is 5.92 Å². The summed E-state index contributed by atoms with van der Waals surface area (Å²) in [6, 6.07) is 6.97. The first-order chi connectivity index (χ1) is 10.5. The summed E-state index contributed by atoms with van der Waals surface area (Å²) in [6.45, 7) is 6.17. The lowest BCUT2D eigenvalue weighted by atomic mass is 9.90. The van der Waals surface area contributed by atoms with E-state index >= 15 is 0 Å². The predicted octanol–water partition coefficient (Wildman–Crippen LogP) is 2.92. The fourth-order valence-corrected chi connectivity index (χ4v) is 2.67. The van der Waals surface area contributed by atoms with E-state index in [-0.39, 0.29) is 11.7 Å². The molecule has 1 aromatic heterocycles. The van der Waals surface area contributed by atoms with Gasteiger partial charge in [-0.25, -0.2) is 4.79 Å². The summed E-state index contributed by atoms with van der Waals surface area (Å²) in [5.74, 6) is 6.48. The van der Waals surface area contributed by atoms with Crippen molar-refractivity contribution in [3.63, 3.8) is 0 Å². The molecule has 2 aromatic rings. The predicted molar refractivity (Wildman–Crippen MR) is 84.1 cm³/mol. The largest absolute Gasteiger partial charge is 0.485 e. The van der Waals surface area contributed by atoms with Crippen LogP contribution in [0.3, 0.4) is 0 Å². The molecule has 1 aliphatic heterocycles. The Morgan fingerprint density at radius 3 is 2.95 bits per heavy atom. The Bertz CT molecular complexity index is 820. The van der Waals surface area contributed by atoms with E-state index in [9.17, 15) is 4.79 Å². The topological polar surface area (TPSA) is 48.7 Å². The third kappa shape index (κ3) is 2.72. The molecule has 0 aliphatic carbocycles. The number of rotatable bonds is 2. The van der Waals surface area contributed by atoms with E-state index in [1.807, 2.05) is 19.9 Å². The van der Waals surface area contributed by atoms with Crippen LogP contribution in [0, 0.1) is 11.8 Å². The first kappa shape index (κ1) is 14.7. The zero-order chi connectivity index (χ0) is 15.7. The molecular formula is C18H18O4. The molecule has 114 valence electrons. The maximum Gasteiger partial charge on any atom is 0.336 e. The van der Waals surface area contributed by atoms with Crippen molar-refractivity contribution in [2.75, 3.05) is 6.61 Å². The van der Waals surface area contributed by atoms with Gasteiger partial charge in [-0.05, 0) is 38.5 Å². The van der Waals surface area contributed by atoms with Crippen LogP contribution in [0.2, 0.25) is 0 Å². The molecule has 0 saturated carbocycles. The molecule has 4 heteroatoms. The summed E-state index contributed by atoms with van der Waals surface area (Å²) in [4.78, 5) is 11.3. The van der Waals surface area contributed by atoms with Crippen LogP contribution in [0.25, 0.3) is 11.0 Å². The van der Waals surface area contributed by atoms with Crippen molar-refractivity contribution in [3.8, 4) is 17.6 Å². The number of hydrogen-bond donors (Lipinski definition) is 0. The Hall–Kier alpha value is -2.25. The second-order valence-corrected chi connectivity index (χ2v) is 5.89. The van der Waals surface area contributed by atoms with Gasteiger partial charge in [0.25, 0.3) is 0 Å². The number of fused-ring (bicyclic) bond motifs is 2. The van der Waals surface area contributed by atoms with Crippen LogP contribution < -0.4 is 10.4 Å². The minimum Gasteiger partial charge on any atom is -0.485 e. The van der Waals surface area contributed by atoms with Gasteiger partial charge in [0.1, 0.15) is 29.6 Å². The highest BCUT2D eigenvalue weighted by Crippen LogP contribution is 2.37. The lowest BCUT2D eigenvalue weighted by Gasteiger charge is -2.39. The fourth-order valence-electron chi connectivity index (χ4n) is 2.67. The quantitative estimate of drug-likeness (QED) is 0.632. The van der Waals surface area contributed by atoms with Crippen molar-refractivity contribution >= 4 is 11.0 Å². The van der Waals surface area contributed by atoms with E-state index in [2.05, 4.69) is 11.8 Å². The summed E-state index contributed by atoms with van der Waals surface area (Å²) in [7, 11) is 0. The molecule has 0 N–H and O–H groups in total. The fraction of sp³-hybridized carbons (Fsp3) is 0.389. The second-order valence-electron chi connectivity index (χ2n) is 5.89. The van der Waals surface area contributed by atoms with Crippen molar-refractivity contribution in [1.82, 2.24) is 0 Å². The van der Waals surface area contributed by atoms with E-state index in [1.54, 1.807) is 19.1 Å². The van der Waals surface area contributed by atoms with Crippen LogP contribution >= 0.6 is 0 Å². The molecule has 1 atom stereocenters.